The van der Waals surface area contributed by atoms with Gasteiger partial charge in [0.2, 0.25) is 12.5 Å². The van der Waals surface area contributed by atoms with Gasteiger partial charge in [0.25, 0.3) is 0 Å². The monoisotopic (exact) mass is 1290 g/mol. The highest BCUT2D eigenvalue weighted by Gasteiger charge is 2.61. The molecule has 0 amide bonds. The van der Waals surface area contributed by atoms with Gasteiger partial charge in [-0.25, -0.2) is 18.7 Å². The quantitative estimate of drug-likeness (QED) is 0.0204. The molecule has 2 fully saturated rings. The van der Waals surface area contributed by atoms with E-state index in [2.05, 4.69) is 20.1 Å². The minimum Gasteiger partial charge on any atom is -0.460 e. The van der Waals surface area contributed by atoms with Crippen LogP contribution in [0.5, 0.6) is 17.2 Å². The van der Waals surface area contributed by atoms with Crippen molar-refractivity contribution in [1.82, 2.24) is 29.3 Å². The number of nitrogen functional groups attached to an aromatic ring is 2. The van der Waals surface area contributed by atoms with Crippen LogP contribution in [0, 0.1) is 0 Å². The van der Waals surface area contributed by atoms with Gasteiger partial charge in [0.1, 0.15) is 66.4 Å². The summed E-state index contributed by atoms with van der Waals surface area (Å²) in [6.07, 6.45) is -10.2. The molecule has 4 heterocycles. The van der Waals surface area contributed by atoms with Gasteiger partial charge in [0.05, 0.1) is 18.2 Å². The van der Waals surface area contributed by atoms with Gasteiger partial charge in [-0.15, -0.1) is 0 Å². The molecule has 9 N–H and O–H groups in total. The number of esters is 2. The number of ether oxygens (including phenoxy) is 4. The van der Waals surface area contributed by atoms with E-state index < -0.39 is 113 Å². The van der Waals surface area contributed by atoms with E-state index in [0.29, 0.717) is 14.9 Å². The fourth-order valence-electron chi connectivity index (χ4n) is 7.94. The Morgan fingerprint density at radius 1 is 0.614 bits per heavy atom. The van der Waals surface area contributed by atoms with Crippen LogP contribution in [0.2, 0.25) is 5.02 Å². The van der Waals surface area contributed by atoms with Crippen molar-refractivity contribution >= 4 is 50.7 Å². The van der Waals surface area contributed by atoms with Crippen molar-refractivity contribution in [1.29, 1.82) is 0 Å². The molecule has 2 aliphatic heterocycles. The third kappa shape index (κ3) is 18.0. The maximum absolute atomic E-state index is 14.9. The smallest absolute Gasteiger partial charge is 0.460 e. The second-order valence-corrected chi connectivity index (χ2v) is 22.8. The first kappa shape index (κ1) is 67.5. The second kappa shape index (κ2) is 30.2. The van der Waals surface area contributed by atoms with Gasteiger partial charge < -0.3 is 59.3 Å². The molecular formula is C56H59ClF4N8O17P2. The van der Waals surface area contributed by atoms with Crippen molar-refractivity contribution in [2.75, 3.05) is 24.7 Å². The molecule has 5 aromatic carbocycles. The molecule has 9 rings (SSSR count). The average Bonchev–Trinajstić information content (AvgIpc) is 2.01. The SMILES string of the molecule is C[C@H](N[P@](=O)(OC[C@H]1O[C@@H](n2ccc(N)nc2=O)C(F)(F)[C@@H]1O)Oc1ccccc1)C(=O)OCc1ccccc1.C[C@H](N[P@](=O)(Oc1ccccc1)Oc1ccccc1Cl)C(=O)OCc1ccccc1.Nc1ccn([C@@H]2O[C@H](CO)[C@@H](O)C2(F)F)c(=O)n1. The first-order chi connectivity index (χ1) is 41.8. The Morgan fingerprint density at radius 2 is 1.00 bits per heavy atom. The van der Waals surface area contributed by atoms with Gasteiger partial charge >= 0.3 is 50.7 Å². The first-order valence-electron chi connectivity index (χ1n) is 26.3. The zero-order chi connectivity index (χ0) is 63.8. The summed E-state index contributed by atoms with van der Waals surface area (Å²) < 4.78 is 128. The number of nitrogens with two attached hydrogens (primary N) is 2. The number of hydrogen-bond acceptors (Lipinski definition) is 21. The number of aliphatic hydroxyl groups is 3. The molecule has 0 saturated carbocycles. The topological polar surface area (TPSA) is 349 Å². The number of carbonyl (C=O) groups excluding carboxylic acids is 2. The summed E-state index contributed by atoms with van der Waals surface area (Å²) in [5, 5.41) is 33.7. The highest BCUT2D eigenvalue weighted by Crippen LogP contribution is 2.49. The van der Waals surface area contributed by atoms with Crippen LogP contribution in [-0.2, 0) is 55.4 Å². The molecule has 7 aromatic rings. The average molecular weight is 1290 g/mol. The number of carbonyl (C=O) groups is 2. The van der Waals surface area contributed by atoms with Crippen molar-refractivity contribution in [3.63, 3.8) is 0 Å². The molecule has 32 heteroatoms. The van der Waals surface area contributed by atoms with Gasteiger partial charge in [0.15, 0.2) is 12.2 Å². The molecule has 470 valence electrons. The van der Waals surface area contributed by atoms with E-state index in [-0.39, 0.29) is 41.4 Å². The molecule has 0 bridgehead atoms. The Bertz CT molecular complexity index is 3660. The normalized spacial score (nSPS) is 21.0. The van der Waals surface area contributed by atoms with E-state index in [9.17, 15) is 56.1 Å². The van der Waals surface area contributed by atoms with E-state index in [0.717, 1.165) is 35.7 Å². The summed E-state index contributed by atoms with van der Waals surface area (Å²) in [6, 6.07) is 41.0. The number of hydrogen-bond donors (Lipinski definition) is 7. The molecule has 88 heavy (non-hydrogen) atoms. The van der Waals surface area contributed by atoms with Gasteiger partial charge in [-0.1, -0.05) is 121 Å². The van der Waals surface area contributed by atoms with E-state index >= 15 is 0 Å². The van der Waals surface area contributed by atoms with Crippen LogP contribution in [0.15, 0.2) is 180 Å². The Morgan fingerprint density at radius 3 is 1.42 bits per heavy atom. The van der Waals surface area contributed by atoms with Crippen molar-refractivity contribution < 1.29 is 88.6 Å². The molecular weight excluding hydrogens is 1230 g/mol. The zero-order valence-corrected chi connectivity index (χ0v) is 48.9. The standard InChI is InChI=1S/C25H27F2N4O8P.C22H21ClNO5P.C9H11F2N3O4/c1-16(22(33)36-14-17-8-4-2-5-9-17)30-40(35,39-18-10-6-3-7-11-18)37-15-19-21(32)25(26,27)23(38-19)31-13-12-20(28)29-24(31)34;1-17(22(25)27-16-18-10-4-2-5-11-18)24-30(26,28-19-12-6-3-7-13-19)29-21-15-9-8-14-20(21)23;10-9(11)6(16)4(3-15)18-7(9)14-2-1-5(12)13-8(14)17/h2-13,16,19,21,23,32H,14-15H2,1H3,(H,30,35)(H2,28,29,34);2-15,17H,16H2,1H3,(H,24,26);1-2,4,6-7,15-16H,3H2,(H2,12,13,17)/t16-,19+,21+,23+,40-;17-,30-;4-,6-,7-/m001/s1. The van der Waals surface area contributed by atoms with Crippen LogP contribution in [0.25, 0.3) is 0 Å². The molecule has 0 aliphatic carbocycles. The number of rotatable bonds is 22. The number of benzene rings is 5. The van der Waals surface area contributed by atoms with Crippen molar-refractivity contribution in [3.8, 4) is 17.2 Å². The van der Waals surface area contributed by atoms with Gasteiger partial charge in [-0.2, -0.15) is 37.7 Å². The molecule has 0 spiro atoms. The zero-order valence-electron chi connectivity index (χ0n) is 46.4. The third-order valence-electron chi connectivity index (χ3n) is 12.4. The summed E-state index contributed by atoms with van der Waals surface area (Å²) in [5.74, 6) is -8.81. The van der Waals surface area contributed by atoms with Gasteiger partial charge in [-0.3, -0.25) is 23.2 Å². The lowest BCUT2D eigenvalue weighted by Gasteiger charge is -2.24. The lowest BCUT2D eigenvalue weighted by atomic mass is 10.1. The third-order valence-corrected chi connectivity index (χ3v) is 16.0. The van der Waals surface area contributed by atoms with Crippen LogP contribution in [0.1, 0.15) is 37.4 Å². The number of nitrogens with zero attached hydrogens (tertiary/aromatic N) is 4. The van der Waals surface area contributed by atoms with Gasteiger partial charge in [0, 0.05) is 12.4 Å². The predicted molar refractivity (Wildman–Crippen MR) is 308 cm³/mol. The molecule has 0 radical (unpaired) electrons. The number of halogens is 5. The van der Waals surface area contributed by atoms with Crippen LogP contribution < -0.4 is 46.6 Å². The molecule has 2 aromatic heterocycles. The molecule has 2 saturated heterocycles. The highest BCUT2D eigenvalue weighted by atomic mass is 35.5. The number of anilines is 2. The highest BCUT2D eigenvalue weighted by molar-refractivity contribution is 7.52. The van der Waals surface area contributed by atoms with Crippen LogP contribution in [0.4, 0.5) is 29.2 Å². The van der Waals surface area contributed by atoms with Crippen LogP contribution in [0.3, 0.4) is 0 Å². The number of nitrogens with one attached hydrogen (secondary N) is 2. The Balaban J connectivity index is 0.000000202. The first-order valence-corrected chi connectivity index (χ1v) is 29.7. The maximum Gasteiger partial charge on any atom is 0.513 e. The number of alkyl halides is 4. The summed E-state index contributed by atoms with van der Waals surface area (Å²) >= 11 is 6.13. The Labute approximate surface area is 503 Å². The maximum atomic E-state index is 14.9. The summed E-state index contributed by atoms with van der Waals surface area (Å²) in [6.45, 7) is 1.26. The van der Waals surface area contributed by atoms with Crippen molar-refractivity contribution in [2.24, 2.45) is 0 Å². The van der Waals surface area contributed by atoms with Crippen molar-refractivity contribution in [2.45, 2.75) is 87.9 Å². The van der Waals surface area contributed by atoms with E-state index in [1.807, 2.05) is 30.3 Å². The molecule has 25 nitrogen and oxygen atoms in total. The Hall–Kier alpha value is -8.05. The van der Waals surface area contributed by atoms with E-state index in [1.165, 1.54) is 26.0 Å². The minimum atomic E-state index is -4.46. The lowest BCUT2D eigenvalue weighted by molar-refractivity contribution is -0.147. The summed E-state index contributed by atoms with van der Waals surface area (Å²) in [5.41, 5.74) is 10.1. The fourth-order valence-corrected chi connectivity index (χ4v) is 11.2. The fraction of sp³-hybridized carbons (Fsp3) is 0.286. The predicted octanol–water partition coefficient (Wildman–Crippen LogP) is 6.98. The van der Waals surface area contributed by atoms with Gasteiger partial charge in [-0.05, 0) is 73.5 Å². The molecule has 10 atom stereocenters. The largest absolute Gasteiger partial charge is 0.513 e. The lowest BCUT2D eigenvalue weighted by Crippen LogP contribution is -2.42. The number of aliphatic hydroxyl groups excluding tert-OH is 3. The minimum absolute atomic E-state index is 0.0473. The molecule has 2 aliphatic rings. The number of aromatic nitrogens is 4. The van der Waals surface area contributed by atoms with Crippen LogP contribution in [-0.4, -0.2) is 108 Å². The van der Waals surface area contributed by atoms with E-state index in [1.54, 1.807) is 103 Å². The van der Waals surface area contributed by atoms with E-state index in [4.69, 9.17) is 65.2 Å². The summed E-state index contributed by atoms with van der Waals surface area (Å²) in [7, 11) is -8.49. The summed E-state index contributed by atoms with van der Waals surface area (Å²) in [4.78, 5) is 55.2. The second-order valence-electron chi connectivity index (χ2n) is 19.1. The van der Waals surface area contributed by atoms with Crippen molar-refractivity contribution in [3.05, 3.63) is 207 Å². The van der Waals surface area contributed by atoms with Crippen LogP contribution >= 0.6 is 27.1 Å². The molecule has 0 unspecified atom stereocenters. The number of para-hydroxylation sites is 3. The Kier molecular flexibility index (Phi) is 23.2.